The molecule has 0 aliphatic heterocycles. The average molecular weight is 265 g/mol. The van der Waals surface area contributed by atoms with Crippen LogP contribution in [0.25, 0.3) is 0 Å². The molecule has 0 aliphatic rings. The van der Waals surface area contributed by atoms with E-state index in [4.69, 9.17) is 9.47 Å². The molecule has 0 spiro atoms. The number of nitrogens with one attached hydrogen (secondary N) is 1. The number of anilines is 1. The lowest BCUT2D eigenvalue weighted by Crippen LogP contribution is -2.14. The normalized spacial score (nSPS) is 10.0. The molecular weight excluding hydrogens is 246 g/mol. The van der Waals surface area contributed by atoms with Gasteiger partial charge in [-0.05, 0) is 32.0 Å². The zero-order valence-electron chi connectivity index (χ0n) is 11.3. The summed E-state index contributed by atoms with van der Waals surface area (Å²) in [6.07, 6.45) is 0.289. The van der Waals surface area contributed by atoms with Gasteiger partial charge in [-0.2, -0.15) is 0 Å². The Morgan fingerprint density at radius 2 is 2.00 bits per heavy atom. The number of esters is 1. The summed E-state index contributed by atoms with van der Waals surface area (Å²) in [5, 5.41) is 2.71. The van der Waals surface area contributed by atoms with Crippen molar-refractivity contribution in [3.63, 3.8) is 0 Å². The molecule has 0 saturated heterocycles. The van der Waals surface area contributed by atoms with Gasteiger partial charge in [-0.15, -0.1) is 0 Å². The van der Waals surface area contributed by atoms with Crippen molar-refractivity contribution in [3.05, 3.63) is 29.8 Å². The minimum absolute atomic E-state index is 0.144. The summed E-state index contributed by atoms with van der Waals surface area (Å²) in [4.78, 5) is 23.1. The van der Waals surface area contributed by atoms with Gasteiger partial charge in [0, 0.05) is 12.3 Å². The Morgan fingerprint density at radius 3 is 2.68 bits per heavy atom. The molecule has 5 nitrogen and oxygen atoms in total. The molecule has 0 atom stereocenters. The SMILES string of the molecule is CCOCCC(=O)Nc1cccc(C(=O)OCC)c1. The molecule has 1 rings (SSSR count). The summed E-state index contributed by atoms with van der Waals surface area (Å²) < 4.78 is 10.00. The van der Waals surface area contributed by atoms with E-state index in [2.05, 4.69) is 5.32 Å². The molecule has 0 saturated carbocycles. The van der Waals surface area contributed by atoms with Crippen LogP contribution in [0.2, 0.25) is 0 Å². The number of rotatable bonds is 7. The predicted octanol–water partition coefficient (Wildman–Crippen LogP) is 2.23. The van der Waals surface area contributed by atoms with Crippen molar-refractivity contribution in [3.8, 4) is 0 Å². The zero-order chi connectivity index (χ0) is 14.1. The first-order chi connectivity index (χ1) is 9.17. The van der Waals surface area contributed by atoms with E-state index >= 15 is 0 Å². The van der Waals surface area contributed by atoms with E-state index in [9.17, 15) is 9.59 Å². The molecule has 5 heteroatoms. The number of carbonyl (C=O) groups excluding carboxylic acids is 2. The van der Waals surface area contributed by atoms with E-state index in [0.29, 0.717) is 31.1 Å². The first-order valence-corrected chi connectivity index (χ1v) is 6.32. The lowest BCUT2D eigenvalue weighted by Gasteiger charge is -2.07. The molecular formula is C14H19NO4. The molecule has 19 heavy (non-hydrogen) atoms. The summed E-state index contributed by atoms with van der Waals surface area (Å²) in [5.41, 5.74) is 0.997. The van der Waals surface area contributed by atoms with Crippen LogP contribution in [0.3, 0.4) is 0 Å². The van der Waals surface area contributed by atoms with Crippen molar-refractivity contribution in [2.24, 2.45) is 0 Å². The first kappa shape index (κ1) is 15.2. The van der Waals surface area contributed by atoms with Gasteiger partial charge in [0.05, 0.1) is 25.2 Å². The number of carbonyl (C=O) groups is 2. The Labute approximate surface area is 112 Å². The van der Waals surface area contributed by atoms with Crippen molar-refractivity contribution in [1.29, 1.82) is 0 Å². The van der Waals surface area contributed by atoms with Crippen LogP contribution in [0, 0.1) is 0 Å². The molecule has 0 heterocycles. The van der Waals surface area contributed by atoms with Gasteiger partial charge in [0.15, 0.2) is 0 Å². The first-order valence-electron chi connectivity index (χ1n) is 6.32. The zero-order valence-corrected chi connectivity index (χ0v) is 11.3. The molecule has 1 amide bonds. The van der Waals surface area contributed by atoms with E-state index in [1.54, 1.807) is 31.2 Å². The maximum atomic E-state index is 11.6. The predicted molar refractivity (Wildman–Crippen MR) is 72.1 cm³/mol. The van der Waals surface area contributed by atoms with Gasteiger partial charge in [0.1, 0.15) is 0 Å². The molecule has 1 aromatic rings. The number of hydrogen-bond acceptors (Lipinski definition) is 4. The van der Waals surface area contributed by atoms with Gasteiger partial charge in [0.25, 0.3) is 0 Å². The van der Waals surface area contributed by atoms with E-state index in [1.807, 2.05) is 6.92 Å². The van der Waals surface area contributed by atoms with Gasteiger partial charge in [-0.1, -0.05) is 6.07 Å². The summed E-state index contributed by atoms with van der Waals surface area (Å²) in [7, 11) is 0. The highest BCUT2D eigenvalue weighted by Crippen LogP contribution is 2.12. The highest BCUT2D eigenvalue weighted by Gasteiger charge is 2.08. The number of hydrogen-bond donors (Lipinski definition) is 1. The van der Waals surface area contributed by atoms with Crippen molar-refractivity contribution in [2.45, 2.75) is 20.3 Å². The Hall–Kier alpha value is -1.88. The number of ether oxygens (including phenoxy) is 2. The van der Waals surface area contributed by atoms with E-state index in [-0.39, 0.29) is 12.3 Å². The molecule has 0 aliphatic carbocycles. The largest absolute Gasteiger partial charge is 0.462 e. The molecule has 1 aromatic carbocycles. The second-order valence-corrected chi connectivity index (χ2v) is 3.80. The third kappa shape index (κ3) is 5.52. The summed E-state index contributed by atoms with van der Waals surface area (Å²) in [5.74, 6) is -0.539. The van der Waals surface area contributed by atoms with E-state index < -0.39 is 5.97 Å². The summed E-state index contributed by atoms with van der Waals surface area (Å²) >= 11 is 0. The van der Waals surface area contributed by atoms with Gasteiger partial charge in [-0.25, -0.2) is 4.79 Å². The van der Waals surface area contributed by atoms with Crippen LogP contribution in [-0.2, 0) is 14.3 Å². The van der Waals surface area contributed by atoms with E-state index in [0.717, 1.165) is 0 Å². The van der Waals surface area contributed by atoms with Crippen LogP contribution in [0.15, 0.2) is 24.3 Å². The number of amides is 1. The maximum Gasteiger partial charge on any atom is 0.338 e. The smallest absolute Gasteiger partial charge is 0.338 e. The summed E-state index contributed by atoms with van der Waals surface area (Å²) in [6, 6.07) is 6.66. The Morgan fingerprint density at radius 1 is 1.21 bits per heavy atom. The monoisotopic (exact) mass is 265 g/mol. The highest BCUT2D eigenvalue weighted by atomic mass is 16.5. The topological polar surface area (TPSA) is 64.6 Å². The van der Waals surface area contributed by atoms with Crippen LogP contribution in [-0.4, -0.2) is 31.7 Å². The van der Waals surface area contributed by atoms with Gasteiger partial charge in [0.2, 0.25) is 5.91 Å². The van der Waals surface area contributed by atoms with Crippen molar-refractivity contribution >= 4 is 17.6 Å². The third-order valence-electron chi connectivity index (χ3n) is 2.34. The second kappa shape index (κ2) is 8.26. The van der Waals surface area contributed by atoms with Gasteiger partial charge in [-0.3, -0.25) is 4.79 Å². The lowest BCUT2D eigenvalue weighted by atomic mass is 10.2. The van der Waals surface area contributed by atoms with Crippen LogP contribution in [0.1, 0.15) is 30.6 Å². The molecule has 0 aromatic heterocycles. The number of benzene rings is 1. The van der Waals surface area contributed by atoms with Crippen LogP contribution in [0.5, 0.6) is 0 Å². The molecule has 1 N–H and O–H groups in total. The minimum Gasteiger partial charge on any atom is -0.462 e. The fourth-order valence-electron chi connectivity index (χ4n) is 1.47. The molecule has 0 unspecified atom stereocenters. The highest BCUT2D eigenvalue weighted by molar-refractivity contribution is 5.94. The fourth-order valence-corrected chi connectivity index (χ4v) is 1.47. The maximum absolute atomic E-state index is 11.6. The van der Waals surface area contributed by atoms with Gasteiger partial charge >= 0.3 is 5.97 Å². The third-order valence-corrected chi connectivity index (χ3v) is 2.34. The Kier molecular flexibility index (Phi) is 6.60. The van der Waals surface area contributed by atoms with Crippen LogP contribution >= 0.6 is 0 Å². The van der Waals surface area contributed by atoms with Crippen molar-refractivity contribution in [2.75, 3.05) is 25.1 Å². The Balaban J connectivity index is 2.56. The summed E-state index contributed by atoms with van der Waals surface area (Å²) in [6.45, 7) is 4.92. The van der Waals surface area contributed by atoms with Gasteiger partial charge < -0.3 is 14.8 Å². The Bertz CT molecular complexity index is 431. The fraction of sp³-hybridized carbons (Fsp3) is 0.429. The quantitative estimate of drug-likeness (QED) is 0.606. The van der Waals surface area contributed by atoms with E-state index in [1.165, 1.54) is 0 Å². The second-order valence-electron chi connectivity index (χ2n) is 3.80. The standard InChI is InChI=1S/C14H19NO4/c1-3-18-9-8-13(16)15-12-7-5-6-11(10-12)14(17)19-4-2/h5-7,10H,3-4,8-9H2,1-2H3,(H,15,16). The van der Waals surface area contributed by atoms with Crippen LogP contribution < -0.4 is 5.32 Å². The molecule has 0 radical (unpaired) electrons. The lowest BCUT2D eigenvalue weighted by molar-refractivity contribution is -0.117. The van der Waals surface area contributed by atoms with Crippen molar-refractivity contribution in [1.82, 2.24) is 0 Å². The molecule has 104 valence electrons. The van der Waals surface area contributed by atoms with Crippen LogP contribution in [0.4, 0.5) is 5.69 Å². The molecule has 0 bridgehead atoms. The molecule has 0 fully saturated rings. The average Bonchev–Trinajstić information content (AvgIpc) is 2.39. The minimum atomic E-state index is -0.395. The van der Waals surface area contributed by atoms with Crippen molar-refractivity contribution < 1.29 is 19.1 Å².